The maximum absolute atomic E-state index is 13.4. The van der Waals surface area contributed by atoms with Crippen molar-refractivity contribution in [1.82, 2.24) is 9.88 Å². The minimum atomic E-state index is -0.289. The number of nitrogens with zero attached hydrogens (tertiary/aromatic N) is 1. The van der Waals surface area contributed by atoms with E-state index in [0.717, 1.165) is 16.5 Å². The Hall–Kier alpha value is -3.64. The fourth-order valence-corrected chi connectivity index (χ4v) is 4.14. The molecule has 0 bridgehead atoms. The number of benzene rings is 3. The molecule has 0 radical (unpaired) electrons. The molecule has 7 heteroatoms. The topological polar surface area (TPSA) is 60.3 Å². The number of ether oxygens (including phenoxy) is 1. The van der Waals surface area contributed by atoms with Crippen molar-refractivity contribution in [2.24, 2.45) is 0 Å². The molecular weight excluding hydrogens is 455 g/mol. The van der Waals surface area contributed by atoms with E-state index in [2.05, 4.69) is 5.32 Å². The number of carbonyl (C=O) groups is 2. The number of halogens is 2. The average molecular weight is 479 g/mol. The SMILES string of the molecule is COc1ccc2c(c1)c(CC(=O)NCCc1ccc(F)cc1)c(C)n2C(=O)c1ccc(Cl)cc1. The van der Waals surface area contributed by atoms with E-state index < -0.39 is 0 Å². The van der Waals surface area contributed by atoms with Gasteiger partial charge in [-0.05, 0) is 79.1 Å². The molecule has 34 heavy (non-hydrogen) atoms. The van der Waals surface area contributed by atoms with Crippen LogP contribution in [0.25, 0.3) is 10.9 Å². The second-order valence-electron chi connectivity index (χ2n) is 8.00. The Bertz CT molecular complexity index is 1350. The number of methoxy groups -OCH3 is 1. The Balaban J connectivity index is 1.60. The van der Waals surface area contributed by atoms with E-state index in [4.69, 9.17) is 16.3 Å². The van der Waals surface area contributed by atoms with Crippen LogP contribution in [0.1, 0.15) is 27.2 Å². The fraction of sp³-hybridized carbons (Fsp3) is 0.185. The van der Waals surface area contributed by atoms with E-state index in [1.807, 2.05) is 19.1 Å². The van der Waals surface area contributed by atoms with Crippen LogP contribution in [0, 0.1) is 12.7 Å². The molecule has 4 rings (SSSR count). The van der Waals surface area contributed by atoms with Gasteiger partial charge in [-0.2, -0.15) is 0 Å². The van der Waals surface area contributed by atoms with Gasteiger partial charge in [-0.15, -0.1) is 0 Å². The Morgan fingerprint density at radius 3 is 2.41 bits per heavy atom. The molecule has 4 aromatic rings. The molecule has 0 saturated carbocycles. The smallest absolute Gasteiger partial charge is 0.262 e. The van der Waals surface area contributed by atoms with Crippen LogP contribution in [0.15, 0.2) is 66.7 Å². The summed E-state index contributed by atoms with van der Waals surface area (Å²) in [6.45, 7) is 2.26. The second kappa shape index (κ2) is 10.1. The van der Waals surface area contributed by atoms with Crippen LogP contribution in [0.5, 0.6) is 5.75 Å². The third kappa shape index (κ3) is 4.97. The number of amides is 1. The first-order chi connectivity index (χ1) is 16.4. The molecule has 0 spiro atoms. The van der Waals surface area contributed by atoms with Gasteiger partial charge in [0.2, 0.25) is 5.91 Å². The summed E-state index contributed by atoms with van der Waals surface area (Å²) < 4.78 is 20.1. The number of nitrogens with one attached hydrogen (secondary N) is 1. The van der Waals surface area contributed by atoms with Crippen molar-refractivity contribution in [3.05, 3.63) is 100.0 Å². The predicted molar refractivity (Wildman–Crippen MR) is 131 cm³/mol. The third-order valence-electron chi connectivity index (χ3n) is 5.82. The van der Waals surface area contributed by atoms with Gasteiger partial charge in [-0.25, -0.2) is 4.39 Å². The lowest BCUT2D eigenvalue weighted by molar-refractivity contribution is -0.120. The lowest BCUT2D eigenvalue weighted by atomic mass is 10.1. The Kier molecular flexibility index (Phi) is 6.98. The molecule has 1 N–H and O–H groups in total. The van der Waals surface area contributed by atoms with Crippen molar-refractivity contribution in [3.63, 3.8) is 0 Å². The number of carbonyl (C=O) groups excluding carboxylic acids is 2. The van der Waals surface area contributed by atoms with Gasteiger partial charge in [0.1, 0.15) is 11.6 Å². The lowest BCUT2D eigenvalue weighted by Gasteiger charge is -2.08. The summed E-state index contributed by atoms with van der Waals surface area (Å²) in [5, 5.41) is 4.25. The summed E-state index contributed by atoms with van der Waals surface area (Å²) in [5.41, 5.74) is 3.59. The first-order valence-electron chi connectivity index (χ1n) is 10.9. The molecule has 0 aliphatic heterocycles. The molecular formula is C27H24ClFN2O3. The van der Waals surface area contributed by atoms with E-state index >= 15 is 0 Å². The molecule has 0 fully saturated rings. The molecule has 1 amide bonds. The molecule has 0 unspecified atom stereocenters. The first kappa shape index (κ1) is 23.5. The number of rotatable bonds is 7. The number of fused-ring (bicyclic) bond motifs is 1. The average Bonchev–Trinajstić information content (AvgIpc) is 3.10. The van der Waals surface area contributed by atoms with Gasteiger partial charge in [-0.3, -0.25) is 14.2 Å². The van der Waals surface area contributed by atoms with E-state index in [9.17, 15) is 14.0 Å². The highest BCUT2D eigenvalue weighted by Crippen LogP contribution is 2.31. The Labute approximate surface area is 202 Å². The van der Waals surface area contributed by atoms with Crippen LogP contribution in [0.2, 0.25) is 5.02 Å². The van der Waals surface area contributed by atoms with E-state index in [-0.39, 0.29) is 24.1 Å². The molecule has 0 atom stereocenters. The van der Waals surface area contributed by atoms with E-state index in [0.29, 0.717) is 40.5 Å². The highest BCUT2D eigenvalue weighted by atomic mass is 35.5. The predicted octanol–water partition coefficient (Wildman–Crippen LogP) is 5.34. The molecule has 1 aromatic heterocycles. The van der Waals surface area contributed by atoms with Crippen molar-refractivity contribution in [2.75, 3.05) is 13.7 Å². The quantitative estimate of drug-likeness (QED) is 0.390. The van der Waals surface area contributed by atoms with Crippen LogP contribution < -0.4 is 10.1 Å². The Morgan fingerprint density at radius 1 is 1.03 bits per heavy atom. The fourth-order valence-electron chi connectivity index (χ4n) is 4.02. The van der Waals surface area contributed by atoms with Crippen molar-refractivity contribution in [3.8, 4) is 5.75 Å². The maximum Gasteiger partial charge on any atom is 0.262 e. The monoisotopic (exact) mass is 478 g/mol. The summed E-state index contributed by atoms with van der Waals surface area (Å²) in [7, 11) is 1.58. The standard InChI is InChI=1S/C27H24ClFN2O3/c1-17-23(16-26(32)30-14-13-18-3-9-21(29)10-4-18)24-15-22(34-2)11-12-25(24)31(17)27(33)19-5-7-20(28)8-6-19/h3-12,15H,13-14,16H2,1-2H3,(H,30,32). The summed E-state index contributed by atoms with van der Waals surface area (Å²) in [4.78, 5) is 26.1. The zero-order valence-corrected chi connectivity index (χ0v) is 19.7. The zero-order chi connectivity index (χ0) is 24.2. The molecule has 0 aliphatic carbocycles. The van der Waals surface area contributed by atoms with Crippen molar-refractivity contribution >= 4 is 34.3 Å². The van der Waals surface area contributed by atoms with Gasteiger partial charge < -0.3 is 10.1 Å². The summed E-state index contributed by atoms with van der Waals surface area (Å²) in [6, 6.07) is 18.4. The normalized spacial score (nSPS) is 10.9. The molecule has 0 aliphatic rings. The van der Waals surface area contributed by atoms with Gasteiger partial charge in [0.15, 0.2) is 0 Å². The van der Waals surface area contributed by atoms with E-state index in [1.165, 1.54) is 12.1 Å². The van der Waals surface area contributed by atoms with Crippen LogP contribution in [0.4, 0.5) is 4.39 Å². The van der Waals surface area contributed by atoms with Gasteiger partial charge in [0, 0.05) is 28.2 Å². The van der Waals surface area contributed by atoms with Crippen molar-refractivity contribution in [2.45, 2.75) is 19.8 Å². The first-order valence-corrected chi connectivity index (χ1v) is 11.2. The molecule has 3 aromatic carbocycles. The molecule has 0 saturated heterocycles. The number of hydrogen-bond acceptors (Lipinski definition) is 3. The number of aromatic nitrogens is 1. The highest BCUT2D eigenvalue weighted by molar-refractivity contribution is 6.30. The Morgan fingerprint density at radius 2 is 1.74 bits per heavy atom. The number of hydrogen-bond donors (Lipinski definition) is 1. The van der Waals surface area contributed by atoms with Crippen LogP contribution in [-0.4, -0.2) is 30.0 Å². The van der Waals surface area contributed by atoms with Gasteiger partial charge in [0.25, 0.3) is 5.91 Å². The largest absolute Gasteiger partial charge is 0.497 e. The minimum absolute atomic E-state index is 0.111. The van der Waals surface area contributed by atoms with Crippen molar-refractivity contribution in [1.29, 1.82) is 0 Å². The highest BCUT2D eigenvalue weighted by Gasteiger charge is 2.22. The van der Waals surface area contributed by atoms with Crippen LogP contribution in [-0.2, 0) is 17.6 Å². The summed E-state index contributed by atoms with van der Waals surface area (Å²) in [5.74, 6) is -0.0110. The van der Waals surface area contributed by atoms with Gasteiger partial charge in [0.05, 0.1) is 19.0 Å². The molecule has 5 nitrogen and oxygen atoms in total. The summed E-state index contributed by atoms with van der Waals surface area (Å²) in [6.07, 6.45) is 0.704. The minimum Gasteiger partial charge on any atom is -0.497 e. The van der Waals surface area contributed by atoms with Gasteiger partial charge in [-0.1, -0.05) is 23.7 Å². The van der Waals surface area contributed by atoms with Crippen LogP contribution >= 0.6 is 11.6 Å². The lowest BCUT2D eigenvalue weighted by Crippen LogP contribution is -2.27. The molecule has 1 heterocycles. The van der Waals surface area contributed by atoms with Gasteiger partial charge >= 0.3 is 0 Å². The van der Waals surface area contributed by atoms with E-state index in [1.54, 1.807) is 54.1 Å². The zero-order valence-electron chi connectivity index (χ0n) is 18.9. The maximum atomic E-state index is 13.4. The second-order valence-corrected chi connectivity index (χ2v) is 8.43. The third-order valence-corrected chi connectivity index (χ3v) is 6.07. The van der Waals surface area contributed by atoms with Crippen LogP contribution in [0.3, 0.4) is 0 Å². The van der Waals surface area contributed by atoms with Crippen molar-refractivity contribution < 1.29 is 18.7 Å². The molecule has 174 valence electrons. The summed E-state index contributed by atoms with van der Waals surface area (Å²) >= 11 is 5.98.